The van der Waals surface area contributed by atoms with Gasteiger partial charge < -0.3 is 4.90 Å². The number of amides is 1. The molecule has 0 unspecified atom stereocenters. The number of carbonyl (C=O) groups is 1. The SMILES string of the molecule is Cc1ccccc1CC(=O)N(C)Cc1ccc(-c2ccccc2)cc1. The van der Waals surface area contributed by atoms with Crippen LogP contribution in [-0.2, 0) is 17.8 Å². The number of benzene rings is 3. The molecular weight excluding hydrogens is 306 g/mol. The van der Waals surface area contributed by atoms with Crippen LogP contribution >= 0.6 is 0 Å². The van der Waals surface area contributed by atoms with Crippen molar-refractivity contribution in [1.29, 1.82) is 0 Å². The minimum atomic E-state index is 0.140. The zero-order valence-corrected chi connectivity index (χ0v) is 14.8. The van der Waals surface area contributed by atoms with Crippen molar-refractivity contribution >= 4 is 5.91 Å². The van der Waals surface area contributed by atoms with Crippen LogP contribution in [0, 0.1) is 6.92 Å². The van der Waals surface area contributed by atoms with Crippen LogP contribution in [0.1, 0.15) is 16.7 Å². The number of hydrogen-bond acceptors (Lipinski definition) is 1. The van der Waals surface area contributed by atoms with E-state index in [-0.39, 0.29) is 5.91 Å². The van der Waals surface area contributed by atoms with E-state index >= 15 is 0 Å². The number of likely N-dealkylation sites (N-methyl/N-ethyl adjacent to an activating group) is 1. The van der Waals surface area contributed by atoms with Crippen LogP contribution in [0.25, 0.3) is 11.1 Å². The first kappa shape index (κ1) is 17.0. The molecule has 0 aromatic heterocycles. The van der Waals surface area contributed by atoms with Crippen molar-refractivity contribution in [2.75, 3.05) is 7.05 Å². The summed E-state index contributed by atoms with van der Waals surface area (Å²) in [5.74, 6) is 0.140. The van der Waals surface area contributed by atoms with E-state index in [1.165, 1.54) is 11.1 Å². The third kappa shape index (κ3) is 4.36. The van der Waals surface area contributed by atoms with Gasteiger partial charge in [0.15, 0.2) is 0 Å². The third-order valence-electron chi connectivity index (χ3n) is 4.51. The molecule has 0 aliphatic rings. The van der Waals surface area contributed by atoms with Crippen molar-refractivity contribution in [2.24, 2.45) is 0 Å². The fraction of sp³-hybridized carbons (Fsp3) is 0.174. The second-order valence-corrected chi connectivity index (χ2v) is 6.42. The first-order valence-electron chi connectivity index (χ1n) is 8.56. The van der Waals surface area contributed by atoms with Crippen molar-refractivity contribution in [3.8, 4) is 11.1 Å². The van der Waals surface area contributed by atoms with Gasteiger partial charge in [-0.05, 0) is 34.7 Å². The van der Waals surface area contributed by atoms with E-state index in [0.717, 1.165) is 16.7 Å². The molecule has 0 saturated carbocycles. The van der Waals surface area contributed by atoms with Crippen LogP contribution in [0.4, 0.5) is 0 Å². The monoisotopic (exact) mass is 329 g/mol. The van der Waals surface area contributed by atoms with Crippen molar-refractivity contribution < 1.29 is 4.79 Å². The lowest BCUT2D eigenvalue weighted by Gasteiger charge is -2.18. The van der Waals surface area contributed by atoms with Crippen LogP contribution < -0.4 is 0 Å². The van der Waals surface area contributed by atoms with Crippen LogP contribution in [0.5, 0.6) is 0 Å². The molecule has 25 heavy (non-hydrogen) atoms. The van der Waals surface area contributed by atoms with Crippen LogP contribution in [0.15, 0.2) is 78.9 Å². The quantitative estimate of drug-likeness (QED) is 0.654. The van der Waals surface area contributed by atoms with E-state index < -0.39 is 0 Å². The summed E-state index contributed by atoms with van der Waals surface area (Å²) in [6.07, 6.45) is 0.450. The molecule has 3 rings (SSSR count). The van der Waals surface area contributed by atoms with E-state index in [4.69, 9.17) is 0 Å². The van der Waals surface area contributed by atoms with Crippen molar-refractivity contribution in [1.82, 2.24) is 4.90 Å². The fourth-order valence-electron chi connectivity index (χ4n) is 2.90. The zero-order chi connectivity index (χ0) is 17.6. The molecule has 0 bridgehead atoms. The predicted molar refractivity (Wildman–Crippen MR) is 103 cm³/mol. The van der Waals surface area contributed by atoms with Gasteiger partial charge in [-0.3, -0.25) is 4.79 Å². The van der Waals surface area contributed by atoms with Gasteiger partial charge in [-0.15, -0.1) is 0 Å². The Morgan fingerprint density at radius 2 is 1.40 bits per heavy atom. The van der Waals surface area contributed by atoms with Gasteiger partial charge in [0.25, 0.3) is 0 Å². The summed E-state index contributed by atoms with van der Waals surface area (Å²) in [6.45, 7) is 2.67. The molecule has 0 aliphatic heterocycles. The maximum absolute atomic E-state index is 12.5. The third-order valence-corrected chi connectivity index (χ3v) is 4.51. The highest BCUT2D eigenvalue weighted by atomic mass is 16.2. The number of aryl methyl sites for hydroxylation is 1. The van der Waals surface area contributed by atoms with Crippen LogP contribution in [0.2, 0.25) is 0 Å². The lowest BCUT2D eigenvalue weighted by Crippen LogP contribution is -2.27. The second-order valence-electron chi connectivity index (χ2n) is 6.42. The smallest absolute Gasteiger partial charge is 0.227 e. The molecule has 3 aromatic rings. The highest BCUT2D eigenvalue weighted by molar-refractivity contribution is 5.79. The molecule has 0 radical (unpaired) electrons. The van der Waals surface area contributed by atoms with E-state index in [0.29, 0.717) is 13.0 Å². The Morgan fingerprint density at radius 1 is 0.800 bits per heavy atom. The summed E-state index contributed by atoms with van der Waals surface area (Å²) in [5.41, 5.74) is 5.80. The maximum Gasteiger partial charge on any atom is 0.227 e. The van der Waals surface area contributed by atoms with E-state index in [9.17, 15) is 4.79 Å². The van der Waals surface area contributed by atoms with Crippen molar-refractivity contribution in [3.05, 3.63) is 95.6 Å². The minimum absolute atomic E-state index is 0.140. The summed E-state index contributed by atoms with van der Waals surface area (Å²) in [7, 11) is 1.87. The fourth-order valence-corrected chi connectivity index (χ4v) is 2.90. The average molecular weight is 329 g/mol. The second kappa shape index (κ2) is 7.80. The van der Waals surface area contributed by atoms with Gasteiger partial charge in [-0.1, -0.05) is 78.9 Å². The molecular formula is C23H23NO. The molecule has 126 valence electrons. The van der Waals surface area contributed by atoms with Crippen molar-refractivity contribution in [3.63, 3.8) is 0 Å². The molecule has 1 amide bonds. The normalized spacial score (nSPS) is 10.5. The van der Waals surface area contributed by atoms with Gasteiger partial charge in [0, 0.05) is 13.6 Å². The van der Waals surface area contributed by atoms with Gasteiger partial charge in [0.2, 0.25) is 5.91 Å². The summed E-state index contributed by atoms with van der Waals surface area (Å²) in [6, 6.07) is 26.8. The first-order chi connectivity index (χ1) is 12.1. The summed E-state index contributed by atoms with van der Waals surface area (Å²) >= 11 is 0. The Balaban J connectivity index is 1.63. The van der Waals surface area contributed by atoms with E-state index in [1.54, 1.807) is 4.90 Å². The Kier molecular flexibility index (Phi) is 5.30. The molecule has 0 saturated heterocycles. The largest absolute Gasteiger partial charge is 0.341 e. The van der Waals surface area contributed by atoms with Crippen LogP contribution in [-0.4, -0.2) is 17.9 Å². The Labute approximate surface area is 149 Å². The highest BCUT2D eigenvalue weighted by Crippen LogP contribution is 2.20. The van der Waals surface area contributed by atoms with E-state index in [1.807, 2.05) is 56.4 Å². The number of rotatable bonds is 5. The molecule has 0 N–H and O–H groups in total. The summed E-state index contributed by atoms with van der Waals surface area (Å²) in [4.78, 5) is 14.3. The topological polar surface area (TPSA) is 20.3 Å². The summed E-state index contributed by atoms with van der Waals surface area (Å²) < 4.78 is 0. The van der Waals surface area contributed by atoms with Gasteiger partial charge in [0.1, 0.15) is 0 Å². The average Bonchev–Trinajstić information content (AvgIpc) is 2.65. The predicted octanol–water partition coefficient (Wildman–Crippen LogP) is 4.86. The number of hydrogen-bond donors (Lipinski definition) is 0. The molecule has 2 heteroatoms. The van der Waals surface area contributed by atoms with Gasteiger partial charge in [0.05, 0.1) is 6.42 Å². The Morgan fingerprint density at radius 3 is 2.08 bits per heavy atom. The molecule has 3 aromatic carbocycles. The summed E-state index contributed by atoms with van der Waals surface area (Å²) in [5, 5.41) is 0. The standard InChI is InChI=1S/C23H23NO/c1-18-8-6-7-11-22(18)16-23(25)24(2)17-19-12-14-21(15-13-19)20-9-4-3-5-10-20/h3-15H,16-17H2,1-2H3. The van der Waals surface area contributed by atoms with E-state index in [2.05, 4.69) is 36.4 Å². The number of carbonyl (C=O) groups excluding carboxylic acids is 1. The van der Waals surface area contributed by atoms with Gasteiger partial charge in [-0.25, -0.2) is 0 Å². The highest BCUT2D eigenvalue weighted by Gasteiger charge is 2.11. The van der Waals surface area contributed by atoms with Gasteiger partial charge >= 0.3 is 0 Å². The minimum Gasteiger partial charge on any atom is -0.341 e. The lowest BCUT2D eigenvalue weighted by atomic mass is 10.0. The molecule has 0 heterocycles. The molecule has 0 aliphatic carbocycles. The number of nitrogens with zero attached hydrogens (tertiary/aromatic N) is 1. The van der Waals surface area contributed by atoms with Crippen LogP contribution in [0.3, 0.4) is 0 Å². The Bertz CT molecular complexity index is 837. The van der Waals surface area contributed by atoms with Gasteiger partial charge in [-0.2, -0.15) is 0 Å². The zero-order valence-electron chi connectivity index (χ0n) is 14.8. The Hall–Kier alpha value is -2.87. The maximum atomic E-state index is 12.5. The molecule has 0 fully saturated rings. The lowest BCUT2D eigenvalue weighted by molar-refractivity contribution is -0.129. The molecule has 2 nitrogen and oxygen atoms in total. The van der Waals surface area contributed by atoms with Crippen molar-refractivity contribution in [2.45, 2.75) is 19.9 Å². The first-order valence-corrected chi connectivity index (χ1v) is 8.56. The molecule has 0 atom stereocenters. The molecule has 0 spiro atoms.